The molecule has 0 saturated carbocycles. The number of carbonyl (C=O) groups excluding carboxylic acids is 1. The Morgan fingerprint density at radius 2 is 1.81 bits per heavy atom. The second kappa shape index (κ2) is 7.71. The van der Waals surface area contributed by atoms with Gasteiger partial charge in [0, 0.05) is 23.0 Å². The summed E-state index contributed by atoms with van der Waals surface area (Å²) in [5.41, 5.74) is 7.20. The van der Waals surface area contributed by atoms with Crippen molar-refractivity contribution in [2.75, 3.05) is 0 Å². The molecule has 0 radical (unpaired) electrons. The van der Waals surface area contributed by atoms with Crippen LogP contribution in [0.15, 0.2) is 78.1 Å². The zero-order chi connectivity index (χ0) is 22.2. The van der Waals surface area contributed by atoms with Crippen LogP contribution < -0.4 is 11.3 Å². The lowest BCUT2D eigenvalue weighted by molar-refractivity contribution is 0.1000. The van der Waals surface area contributed by atoms with Gasteiger partial charge < -0.3 is 5.73 Å². The molecule has 0 fully saturated rings. The van der Waals surface area contributed by atoms with Crippen molar-refractivity contribution < 1.29 is 4.79 Å². The molecule has 1 amide bonds. The molecule has 2 aromatic carbocycles. The van der Waals surface area contributed by atoms with Crippen LogP contribution in [0.25, 0.3) is 33.9 Å². The topological polar surface area (TPSA) is 122 Å². The van der Waals surface area contributed by atoms with Gasteiger partial charge in [-0.2, -0.15) is 5.10 Å². The van der Waals surface area contributed by atoms with Crippen LogP contribution in [0.4, 0.5) is 0 Å². The van der Waals surface area contributed by atoms with E-state index < -0.39 is 5.91 Å². The van der Waals surface area contributed by atoms with Crippen molar-refractivity contribution >= 4 is 28.5 Å². The quantitative estimate of drug-likeness (QED) is 0.455. The zero-order valence-electron chi connectivity index (χ0n) is 16.4. The first kappa shape index (κ1) is 19.6. The number of aromatic nitrogens is 6. The van der Waals surface area contributed by atoms with Gasteiger partial charge in [0.05, 0.1) is 23.8 Å². The van der Waals surface area contributed by atoms with Crippen molar-refractivity contribution in [1.29, 1.82) is 0 Å². The third-order valence-electron chi connectivity index (χ3n) is 4.85. The summed E-state index contributed by atoms with van der Waals surface area (Å²) >= 11 is 6.03. The van der Waals surface area contributed by atoms with E-state index in [-0.39, 0.29) is 16.8 Å². The number of rotatable bonds is 4. The number of nitrogens with zero attached hydrogens (tertiary/aromatic N) is 6. The SMILES string of the molecule is NC(=O)c1cccc(-n2ncc3c(=O)n(-c4ccc(Cl)cc4)c(-c4cnccn4)nc32)c1. The molecule has 156 valence electrons. The number of halogens is 1. The number of hydrogen-bond donors (Lipinski definition) is 1. The molecule has 0 aliphatic rings. The molecule has 0 aliphatic carbocycles. The van der Waals surface area contributed by atoms with Gasteiger partial charge in [-0.25, -0.2) is 14.6 Å². The number of carbonyl (C=O) groups is 1. The van der Waals surface area contributed by atoms with Crippen molar-refractivity contribution in [3.8, 4) is 22.9 Å². The van der Waals surface area contributed by atoms with Crippen LogP contribution in [0.1, 0.15) is 10.4 Å². The Kier molecular flexibility index (Phi) is 4.72. The summed E-state index contributed by atoms with van der Waals surface area (Å²) in [6.45, 7) is 0. The van der Waals surface area contributed by atoms with Gasteiger partial charge in [-0.1, -0.05) is 17.7 Å². The van der Waals surface area contributed by atoms with Gasteiger partial charge in [-0.15, -0.1) is 0 Å². The largest absolute Gasteiger partial charge is 0.366 e. The van der Waals surface area contributed by atoms with Gasteiger partial charge in [-0.3, -0.25) is 19.1 Å². The van der Waals surface area contributed by atoms with Gasteiger partial charge in [0.25, 0.3) is 5.56 Å². The van der Waals surface area contributed by atoms with Crippen LogP contribution in [-0.2, 0) is 0 Å². The van der Waals surface area contributed by atoms with Crippen molar-refractivity contribution in [2.45, 2.75) is 0 Å². The third-order valence-corrected chi connectivity index (χ3v) is 5.11. The molecule has 0 atom stereocenters. The predicted octanol–water partition coefficient (Wildman–Crippen LogP) is 2.78. The van der Waals surface area contributed by atoms with Crippen LogP contribution in [0, 0.1) is 0 Å². The minimum absolute atomic E-state index is 0.283. The maximum absolute atomic E-state index is 13.5. The summed E-state index contributed by atoms with van der Waals surface area (Å²) in [6.07, 6.45) is 6.01. The van der Waals surface area contributed by atoms with Gasteiger partial charge in [0.2, 0.25) is 5.91 Å². The summed E-state index contributed by atoms with van der Waals surface area (Å²) in [5, 5.41) is 5.17. The first-order valence-corrected chi connectivity index (χ1v) is 9.84. The molecular weight excluding hydrogens is 430 g/mol. The molecular formula is C22H14ClN7O2. The molecule has 2 N–H and O–H groups in total. The number of fused-ring (bicyclic) bond motifs is 1. The maximum Gasteiger partial charge on any atom is 0.269 e. The summed E-state index contributed by atoms with van der Waals surface area (Å²) in [7, 11) is 0. The Morgan fingerprint density at radius 3 is 2.53 bits per heavy atom. The van der Waals surface area contributed by atoms with Crippen molar-refractivity contribution in [2.24, 2.45) is 5.73 Å². The highest BCUT2D eigenvalue weighted by atomic mass is 35.5. The van der Waals surface area contributed by atoms with Crippen molar-refractivity contribution in [3.63, 3.8) is 0 Å². The molecule has 3 heterocycles. The molecule has 0 bridgehead atoms. The fourth-order valence-corrected chi connectivity index (χ4v) is 3.49. The molecule has 0 saturated heterocycles. The minimum Gasteiger partial charge on any atom is -0.366 e. The Hall–Kier alpha value is -4.37. The zero-order valence-corrected chi connectivity index (χ0v) is 17.1. The Labute approximate surface area is 185 Å². The molecule has 10 heteroatoms. The number of nitrogens with two attached hydrogens (primary N) is 1. The second-order valence-electron chi connectivity index (χ2n) is 6.85. The lowest BCUT2D eigenvalue weighted by atomic mass is 10.2. The average Bonchev–Trinajstić information content (AvgIpc) is 3.25. The summed E-state index contributed by atoms with van der Waals surface area (Å²) < 4.78 is 2.92. The van der Waals surface area contributed by atoms with Gasteiger partial charge in [0.15, 0.2) is 11.5 Å². The van der Waals surface area contributed by atoms with Crippen molar-refractivity contribution in [3.05, 3.63) is 94.3 Å². The van der Waals surface area contributed by atoms with Gasteiger partial charge in [-0.05, 0) is 42.5 Å². The lowest BCUT2D eigenvalue weighted by Gasteiger charge is -2.13. The average molecular weight is 444 g/mol. The highest BCUT2D eigenvalue weighted by molar-refractivity contribution is 6.30. The fourth-order valence-electron chi connectivity index (χ4n) is 3.36. The molecule has 0 unspecified atom stereocenters. The monoisotopic (exact) mass is 443 g/mol. The van der Waals surface area contributed by atoms with Crippen LogP contribution in [-0.4, -0.2) is 35.2 Å². The normalized spacial score (nSPS) is 11.0. The van der Waals surface area contributed by atoms with E-state index in [4.69, 9.17) is 22.3 Å². The van der Waals surface area contributed by atoms with Crippen LogP contribution in [0.2, 0.25) is 5.02 Å². The van der Waals surface area contributed by atoms with E-state index in [0.29, 0.717) is 33.3 Å². The van der Waals surface area contributed by atoms with E-state index in [2.05, 4.69) is 15.1 Å². The summed E-state index contributed by atoms with van der Waals surface area (Å²) in [6, 6.07) is 13.4. The first-order valence-electron chi connectivity index (χ1n) is 9.46. The fraction of sp³-hybridized carbons (Fsp3) is 0. The molecule has 5 aromatic rings. The molecule has 9 nitrogen and oxygen atoms in total. The summed E-state index contributed by atoms with van der Waals surface area (Å²) in [5.74, 6) is -0.285. The Balaban J connectivity index is 1.82. The minimum atomic E-state index is -0.568. The lowest BCUT2D eigenvalue weighted by Crippen LogP contribution is -2.22. The number of hydrogen-bond acceptors (Lipinski definition) is 6. The molecule has 0 spiro atoms. The predicted molar refractivity (Wildman–Crippen MR) is 119 cm³/mol. The van der Waals surface area contributed by atoms with Gasteiger partial charge in [0.1, 0.15) is 11.1 Å². The number of amides is 1. The van der Waals surface area contributed by atoms with E-state index in [1.807, 2.05) is 0 Å². The maximum atomic E-state index is 13.5. The summed E-state index contributed by atoms with van der Waals surface area (Å²) in [4.78, 5) is 38.3. The highest BCUT2D eigenvalue weighted by Crippen LogP contribution is 2.23. The van der Waals surface area contributed by atoms with E-state index in [1.165, 1.54) is 34.0 Å². The molecule has 3 aromatic heterocycles. The first-order chi connectivity index (χ1) is 15.5. The smallest absolute Gasteiger partial charge is 0.269 e. The van der Waals surface area contributed by atoms with Crippen molar-refractivity contribution in [1.82, 2.24) is 29.3 Å². The highest BCUT2D eigenvalue weighted by Gasteiger charge is 2.19. The third kappa shape index (κ3) is 3.30. The van der Waals surface area contributed by atoms with E-state index in [0.717, 1.165) is 0 Å². The van der Waals surface area contributed by atoms with E-state index in [1.54, 1.807) is 48.5 Å². The number of benzene rings is 2. The standard InChI is InChI=1S/C22H14ClN7O2/c23-14-4-6-15(7-5-14)29-21(18-12-25-8-9-26-18)28-20-17(22(29)32)11-27-30(20)16-3-1-2-13(10-16)19(24)31/h1-12H,(H2,24,31). The second-order valence-corrected chi connectivity index (χ2v) is 7.29. The number of primary amides is 1. The molecule has 32 heavy (non-hydrogen) atoms. The van der Waals surface area contributed by atoms with Crippen LogP contribution in [0.5, 0.6) is 0 Å². The van der Waals surface area contributed by atoms with E-state index in [9.17, 15) is 9.59 Å². The Morgan fingerprint density at radius 1 is 1.00 bits per heavy atom. The molecule has 5 rings (SSSR count). The van der Waals surface area contributed by atoms with Crippen LogP contribution >= 0.6 is 11.6 Å². The Bertz CT molecular complexity index is 1530. The van der Waals surface area contributed by atoms with Crippen LogP contribution in [0.3, 0.4) is 0 Å². The van der Waals surface area contributed by atoms with E-state index >= 15 is 0 Å². The molecule has 0 aliphatic heterocycles. The van der Waals surface area contributed by atoms with Gasteiger partial charge >= 0.3 is 0 Å².